The van der Waals surface area contributed by atoms with Gasteiger partial charge in [-0.15, -0.1) is 11.6 Å². The number of carbonyl (C=O) groups is 1. The molecule has 0 aromatic heterocycles. The molecule has 0 aliphatic carbocycles. The molecular formula is C4H4ClF3O2. The van der Waals surface area contributed by atoms with Gasteiger partial charge in [0.25, 0.3) is 0 Å². The second-order valence-corrected chi connectivity index (χ2v) is 1.65. The van der Waals surface area contributed by atoms with E-state index < -0.39 is 24.6 Å². The molecule has 0 amide bonds. The second kappa shape index (κ2) is 3.65. The van der Waals surface area contributed by atoms with Gasteiger partial charge in [-0.2, -0.15) is 8.78 Å². The molecule has 0 rings (SSSR count). The van der Waals surface area contributed by atoms with Crippen LogP contribution < -0.4 is 0 Å². The van der Waals surface area contributed by atoms with Crippen molar-refractivity contribution in [2.45, 2.75) is 6.11 Å². The van der Waals surface area contributed by atoms with Crippen molar-refractivity contribution in [3.05, 3.63) is 0 Å². The molecule has 0 aromatic carbocycles. The van der Waals surface area contributed by atoms with Crippen LogP contribution in [0.2, 0.25) is 0 Å². The average Bonchev–Trinajstić information content (AvgIpc) is 1.87. The Balaban J connectivity index is 3.76. The molecule has 0 aromatic rings. The predicted molar refractivity (Wildman–Crippen MR) is 27.7 cm³/mol. The van der Waals surface area contributed by atoms with Crippen LogP contribution >= 0.6 is 11.6 Å². The van der Waals surface area contributed by atoms with E-state index in [0.717, 1.165) is 0 Å². The summed E-state index contributed by atoms with van der Waals surface area (Å²) in [6.45, 7) is -2.03. The third kappa shape index (κ3) is 3.55. The van der Waals surface area contributed by atoms with Crippen LogP contribution in [0.5, 0.6) is 0 Å². The lowest BCUT2D eigenvalue weighted by atomic mass is 10.7. The number of hydrogen-bond acceptors (Lipinski definition) is 2. The molecule has 0 fully saturated rings. The molecule has 2 nitrogen and oxygen atoms in total. The van der Waals surface area contributed by atoms with Crippen LogP contribution in [0.3, 0.4) is 0 Å². The SMILES string of the molecule is O=C(CCl)OC(F)(F)CF. The van der Waals surface area contributed by atoms with E-state index in [2.05, 4.69) is 4.74 Å². The van der Waals surface area contributed by atoms with E-state index in [1.165, 1.54) is 0 Å². The highest BCUT2D eigenvalue weighted by atomic mass is 35.5. The maximum Gasteiger partial charge on any atom is 0.429 e. The smallest absolute Gasteiger partial charge is 0.398 e. The molecule has 0 bridgehead atoms. The van der Waals surface area contributed by atoms with Gasteiger partial charge in [0.15, 0.2) is 6.67 Å². The van der Waals surface area contributed by atoms with Gasteiger partial charge in [-0.3, -0.25) is 4.79 Å². The summed E-state index contributed by atoms with van der Waals surface area (Å²) >= 11 is 4.78. The first-order valence-corrected chi connectivity index (χ1v) is 2.77. The largest absolute Gasteiger partial charge is 0.429 e. The molecule has 0 heterocycles. The van der Waals surface area contributed by atoms with E-state index in [-0.39, 0.29) is 0 Å². The highest BCUT2D eigenvalue weighted by Gasteiger charge is 2.33. The number of rotatable bonds is 3. The molecule has 0 atom stereocenters. The Hall–Kier alpha value is -0.450. The van der Waals surface area contributed by atoms with E-state index in [9.17, 15) is 18.0 Å². The van der Waals surface area contributed by atoms with Crippen LogP contribution in [-0.4, -0.2) is 24.6 Å². The molecule has 0 aliphatic rings. The first-order valence-electron chi connectivity index (χ1n) is 2.23. The van der Waals surface area contributed by atoms with Crippen molar-refractivity contribution in [3.8, 4) is 0 Å². The number of alkyl halides is 4. The number of hydrogen-bond donors (Lipinski definition) is 0. The molecule has 10 heavy (non-hydrogen) atoms. The summed E-state index contributed by atoms with van der Waals surface area (Å²) in [5, 5.41) is 0. The Morgan fingerprint density at radius 3 is 2.40 bits per heavy atom. The van der Waals surface area contributed by atoms with E-state index in [4.69, 9.17) is 11.6 Å². The van der Waals surface area contributed by atoms with Gasteiger partial charge >= 0.3 is 12.1 Å². The van der Waals surface area contributed by atoms with Crippen molar-refractivity contribution >= 4 is 17.6 Å². The maximum atomic E-state index is 11.7. The van der Waals surface area contributed by atoms with Crippen LogP contribution in [0.1, 0.15) is 0 Å². The predicted octanol–water partition coefficient (Wildman–Crippen LogP) is 1.33. The molecule has 0 spiro atoms. The molecule has 60 valence electrons. The lowest BCUT2D eigenvalue weighted by Gasteiger charge is -2.10. The number of halogens is 4. The lowest BCUT2D eigenvalue weighted by molar-refractivity contribution is -0.236. The monoisotopic (exact) mass is 176 g/mol. The Morgan fingerprint density at radius 2 is 2.10 bits per heavy atom. The van der Waals surface area contributed by atoms with Gasteiger partial charge in [0, 0.05) is 0 Å². The fraction of sp³-hybridized carbons (Fsp3) is 0.750. The Labute approximate surface area is 59.9 Å². The zero-order valence-electron chi connectivity index (χ0n) is 4.74. The van der Waals surface area contributed by atoms with Crippen LogP contribution in [0.25, 0.3) is 0 Å². The van der Waals surface area contributed by atoms with Crippen molar-refractivity contribution in [2.75, 3.05) is 12.6 Å². The zero-order valence-corrected chi connectivity index (χ0v) is 5.50. The standard InChI is InChI=1S/C4H4ClF3O2/c5-1-3(9)10-4(7,8)2-6/h1-2H2. The van der Waals surface area contributed by atoms with Crippen molar-refractivity contribution in [1.82, 2.24) is 0 Å². The topological polar surface area (TPSA) is 26.3 Å². The van der Waals surface area contributed by atoms with Crippen molar-refractivity contribution in [3.63, 3.8) is 0 Å². The minimum Gasteiger partial charge on any atom is -0.398 e. The van der Waals surface area contributed by atoms with Gasteiger partial charge in [-0.25, -0.2) is 4.39 Å². The van der Waals surface area contributed by atoms with Gasteiger partial charge < -0.3 is 4.74 Å². The minimum absolute atomic E-state index is 0.713. The molecule has 0 saturated heterocycles. The van der Waals surface area contributed by atoms with Crippen molar-refractivity contribution < 1.29 is 22.7 Å². The number of esters is 1. The Morgan fingerprint density at radius 1 is 1.60 bits per heavy atom. The fourth-order valence-electron chi connectivity index (χ4n) is 0.221. The summed E-state index contributed by atoms with van der Waals surface area (Å²) in [5.41, 5.74) is 0. The Bertz CT molecular complexity index is 128. The van der Waals surface area contributed by atoms with E-state index >= 15 is 0 Å². The van der Waals surface area contributed by atoms with Gasteiger partial charge in [0.2, 0.25) is 0 Å². The highest BCUT2D eigenvalue weighted by molar-refractivity contribution is 6.26. The molecule has 0 unspecified atom stereocenters. The molecule has 0 saturated carbocycles. The molecule has 0 radical (unpaired) electrons. The Kier molecular flexibility index (Phi) is 3.49. The first-order chi connectivity index (χ1) is 4.52. The van der Waals surface area contributed by atoms with Crippen LogP contribution in [-0.2, 0) is 9.53 Å². The van der Waals surface area contributed by atoms with Crippen LogP contribution in [0, 0.1) is 0 Å². The average molecular weight is 177 g/mol. The number of carbonyl (C=O) groups excluding carboxylic acids is 1. The van der Waals surface area contributed by atoms with E-state index in [1.807, 2.05) is 0 Å². The molecular weight excluding hydrogens is 172 g/mol. The van der Waals surface area contributed by atoms with E-state index in [0.29, 0.717) is 0 Å². The summed E-state index contributed by atoms with van der Waals surface area (Å²) in [6, 6.07) is 0. The third-order valence-corrected chi connectivity index (χ3v) is 0.746. The number of ether oxygens (including phenoxy) is 1. The fourth-order valence-corrected chi connectivity index (χ4v) is 0.276. The van der Waals surface area contributed by atoms with Crippen molar-refractivity contribution in [2.24, 2.45) is 0 Å². The maximum absolute atomic E-state index is 11.7. The minimum atomic E-state index is -4.04. The molecule has 0 aliphatic heterocycles. The summed E-state index contributed by atoms with van der Waals surface area (Å²) in [5.74, 6) is -2.06. The van der Waals surface area contributed by atoms with Gasteiger partial charge in [0.1, 0.15) is 5.88 Å². The first kappa shape index (κ1) is 9.55. The van der Waals surface area contributed by atoms with Gasteiger partial charge in [0.05, 0.1) is 0 Å². The summed E-state index contributed by atoms with van der Waals surface area (Å²) in [4.78, 5) is 9.99. The summed E-state index contributed by atoms with van der Waals surface area (Å²) in [6.07, 6.45) is -4.04. The van der Waals surface area contributed by atoms with Crippen LogP contribution in [0.15, 0.2) is 0 Å². The molecule has 6 heteroatoms. The second-order valence-electron chi connectivity index (χ2n) is 1.38. The normalized spacial score (nSPS) is 11.2. The van der Waals surface area contributed by atoms with Crippen molar-refractivity contribution in [1.29, 1.82) is 0 Å². The zero-order chi connectivity index (χ0) is 8.20. The van der Waals surface area contributed by atoms with Gasteiger partial charge in [-0.1, -0.05) is 0 Å². The quantitative estimate of drug-likeness (QED) is 0.479. The third-order valence-electron chi connectivity index (χ3n) is 0.528. The summed E-state index contributed by atoms with van der Waals surface area (Å²) in [7, 11) is 0. The molecule has 0 N–H and O–H groups in total. The lowest BCUT2D eigenvalue weighted by Crippen LogP contribution is -2.27. The highest BCUT2D eigenvalue weighted by Crippen LogP contribution is 2.15. The van der Waals surface area contributed by atoms with Crippen LogP contribution in [0.4, 0.5) is 13.2 Å². The van der Waals surface area contributed by atoms with E-state index in [1.54, 1.807) is 0 Å². The van der Waals surface area contributed by atoms with Gasteiger partial charge in [-0.05, 0) is 0 Å². The summed E-state index contributed by atoms with van der Waals surface area (Å²) < 4.78 is 37.9.